The van der Waals surface area contributed by atoms with Gasteiger partial charge in [0.15, 0.2) is 0 Å². The highest BCUT2D eigenvalue weighted by atomic mass is 32.2. The van der Waals surface area contributed by atoms with Crippen LogP contribution in [0.2, 0.25) is 0 Å². The lowest BCUT2D eigenvalue weighted by Gasteiger charge is -2.07. The van der Waals surface area contributed by atoms with Gasteiger partial charge in [-0.05, 0) is 25.5 Å². The Bertz CT molecular complexity index is 437. The maximum Gasteiger partial charge on any atom is 0.297 e. The van der Waals surface area contributed by atoms with E-state index in [0.717, 1.165) is 5.56 Å². The van der Waals surface area contributed by atoms with Crippen LogP contribution in [0.15, 0.2) is 23.1 Å². The van der Waals surface area contributed by atoms with Gasteiger partial charge in [0.05, 0.1) is 18.6 Å². The summed E-state index contributed by atoms with van der Waals surface area (Å²) in [5.74, 6) is 0.538. The molecular formula is C10H14O4S. The van der Waals surface area contributed by atoms with Crippen molar-refractivity contribution in [3.05, 3.63) is 23.8 Å². The Kier molecular flexibility index (Phi) is 3.71. The van der Waals surface area contributed by atoms with E-state index < -0.39 is 10.1 Å². The van der Waals surface area contributed by atoms with Crippen LogP contribution in [0.25, 0.3) is 0 Å². The molecule has 0 spiro atoms. The third-order valence-corrected chi connectivity index (χ3v) is 3.32. The Balaban J connectivity index is 3.17. The van der Waals surface area contributed by atoms with Gasteiger partial charge in [-0.1, -0.05) is 6.07 Å². The summed E-state index contributed by atoms with van der Waals surface area (Å²) in [5.41, 5.74) is 0.882. The SMILES string of the molecule is CCOS(=O)(=O)c1ccc(C)c(OC)c1. The Morgan fingerprint density at radius 1 is 1.33 bits per heavy atom. The lowest BCUT2D eigenvalue weighted by Crippen LogP contribution is -2.06. The van der Waals surface area contributed by atoms with Crippen molar-refractivity contribution in [1.29, 1.82) is 0 Å². The molecular weight excluding hydrogens is 216 g/mol. The number of hydrogen-bond acceptors (Lipinski definition) is 4. The summed E-state index contributed by atoms with van der Waals surface area (Å²) in [6, 6.07) is 4.65. The first-order valence-electron chi connectivity index (χ1n) is 4.55. The molecule has 1 rings (SSSR count). The number of methoxy groups -OCH3 is 1. The molecule has 0 amide bonds. The summed E-state index contributed by atoms with van der Waals surface area (Å²) in [6.45, 7) is 3.59. The molecule has 15 heavy (non-hydrogen) atoms. The molecule has 0 bridgehead atoms. The molecule has 0 aliphatic rings. The summed E-state index contributed by atoms with van der Waals surface area (Å²) >= 11 is 0. The molecule has 0 atom stereocenters. The number of ether oxygens (including phenoxy) is 1. The summed E-state index contributed by atoms with van der Waals surface area (Å²) in [6.07, 6.45) is 0. The van der Waals surface area contributed by atoms with Crippen molar-refractivity contribution in [2.24, 2.45) is 0 Å². The van der Waals surface area contributed by atoms with E-state index >= 15 is 0 Å². The monoisotopic (exact) mass is 230 g/mol. The molecule has 1 aromatic carbocycles. The minimum Gasteiger partial charge on any atom is -0.496 e. The molecule has 0 N–H and O–H groups in total. The fourth-order valence-corrected chi connectivity index (χ4v) is 2.11. The van der Waals surface area contributed by atoms with E-state index in [1.807, 2.05) is 6.92 Å². The molecule has 84 valence electrons. The zero-order chi connectivity index (χ0) is 11.5. The zero-order valence-electron chi connectivity index (χ0n) is 8.98. The molecule has 0 aliphatic carbocycles. The van der Waals surface area contributed by atoms with Crippen LogP contribution in [-0.2, 0) is 14.3 Å². The van der Waals surface area contributed by atoms with E-state index in [-0.39, 0.29) is 11.5 Å². The Morgan fingerprint density at radius 2 is 2.00 bits per heavy atom. The van der Waals surface area contributed by atoms with Crippen LogP contribution in [0.3, 0.4) is 0 Å². The molecule has 0 saturated carbocycles. The second-order valence-electron chi connectivity index (χ2n) is 2.99. The fourth-order valence-electron chi connectivity index (χ4n) is 1.18. The van der Waals surface area contributed by atoms with Crippen molar-refractivity contribution in [1.82, 2.24) is 0 Å². The molecule has 0 saturated heterocycles. The number of aryl methyl sites for hydroxylation is 1. The summed E-state index contributed by atoms with van der Waals surface area (Å²) in [4.78, 5) is 0.117. The summed E-state index contributed by atoms with van der Waals surface area (Å²) in [7, 11) is -2.14. The standard InChI is InChI=1S/C10H14O4S/c1-4-14-15(11,12)9-6-5-8(2)10(7-9)13-3/h5-7H,4H2,1-3H3. The van der Waals surface area contributed by atoms with E-state index in [2.05, 4.69) is 4.18 Å². The fraction of sp³-hybridized carbons (Fsp3) is 0.400. The minimum absolute atomic E-state index is 0.117. The lowest BCUT2D eigenvalue weighted by atomic mass is 10.2. The predicted octanol–water partition coefficient (Wildman–Crippen LogP) is 1.73. The van der Waals surface area contributed by atoms with Gasteiger partial charge in [0.25, 0.3) is 10.1 Å². The summed E-state index contributed by atoms with van der Waals surface area (Å²) in [5, 5.41) is 0. The first-order valence-corrected chi connectivity index (χ1v) is 5.96. The van der Waals surface area contributed by atoms with E-state index in [9.17, 15) is 8.42 Å². The van der Waals surface area contributed by atoms with Gasteiger partial charge in [-0.2, -0.15) is 8.42 Å². The van der Waals surface area contributed by atoms with Gasteiger partial charge in [0.2, 0.25) is 0 Å². The van der Waals surface area contributed by atoms with E-state index in [1.165, 1.54) is 19.2 Å². The Hall–Kier alpha value is -1.07. The summed E-state index contributed by atoms with van der Waals surface area (Å²) < 4.78 is 32.8. The molecule has 0 aromatic heterocycles. The number of rotatable bonds is 4. The zero-order valence-corrected chi connectivity index (χ0v) is 9.80. The number of hydrogen-bond donors (Lipinski definition) is 0. The van der Waals surface area contributed by atoms with Crippen molar-refractivity contribution < 1.29 is 17.3 Å². The first-order chi connectivity index (χ1) is 7.01. The van der Waals surface area contributed by atoms with Crippen molar-refractivity contribution in [2.45, 2.75) is 18.7 Å². The van der Waals surface area contributed by atoms with Crippen LogP contribution in [0.4, 0.5) is 0 Å². The average Bonchev–Trinajstić information content (AvgIpc) is 2.18. The van der Waals surface area contributed by atoms with Crippen LogP contribution in [0.5, 0.6) is 5.75 Å². The maximum atomic E-state index is 11.5. The quantitative estimate of drug-likeness (QED) is 0.739. The van der Waals surface area contributed by atoms with Gasteiger partial charge in [-0.25, -0.2) is 0 Å². The number of benzene rings is 1. The van der Waals surface area contributed by atoms with Crippen LogP contribution >= 0.6 is 0 Å². The molecule has 0 aliphatic heterocycles. The third-order valence-electron chi connectivity index (χ3n) is 1.94. The van der Waals surface area contributed by atoms with Crippen LogP contribution in [0, 0.1) is 6.92 Å². The molecule has 4 nitrogen and oxygen atoms in total. The van der Waals surface area contributed by atoms with E-state index in [4.69, 9.17) is 4.74 Å². The highest BCUT2D eigenvalue weighted by Crippen LogP contribution is 2.22. The van der Waals surface area contributed by atoms with Crippen LogP contribution < -0.4 is 4.74 Å². The third kappa shape index (κ3) is 2.70. The van der Waals surface area contributed by atoms with Gasteiger partial charge in [-0.3, -0.25) is 4.18 Å². The minimum atomic E-state index is -3.64. The second kappa shape index (κ2) is 4.63. The highest BCUT2D eigenvalue weighted by molar-refractivity contribution is 7.86. The van der Waals surface area contributed by atoms with Gasteiger partial charge in [0.1, 0.15) is 5.75 Å². The largest absolute Gasteiger partial charge is 0.496 e. The van der Waals surface area contributed by atoms with Crippen LogP contribution in [0.1, 0.15) is 12.5 Å². The lowest BCUT2D eigenvalue weighted by molar-refractivity contribution is 0.337. The topological polar surface area (TPSA) is 52.6 Å². The van der Waals surface area contributed by atoms with Crippen molar-refractivity contribution in [2.75, 3.05) is 13.7 Å². The molecule has 0 heterocycles. The van der Waals surface area contributed by atoms with E-state index in [0.29, 0.717) is 5.75 Å². The highest BCUT2D eigenvalue weighted by Gasteiger charge is 2.15. The van der Waals surface area contributed by atoms with Gasteiger partial charge in [-0.15, -0.1) is 0 Å². The maximum absolute atomic E-state index is 11.5. The molecule has 5 heteroatoms. The molecule has 0 radical (unpaired) electrons. The smallest absolute Gasteiger partial charge is 0.297 e. The van der Waals surface area contributed by atoms with Crippen molar-refractivity contribution in [3.63, 3.8) is 0 Å². The second-order valence-corrected chi connectivity index (χ2v) is 4.61. The van der Waals surface area contributed by atoms with Crippen molar-refractivity contribution in [3.8, 4) is 5.75 Å². The van der Waals surface area contributed by atoms with Crippen LogP contribution in [-0.4, -0.2) is 22.1 Å². The Morgan fingerprint density at radius 3 is 2.53 bits per heavy atom. The van der Waals surface area contributed by atoms with Gasteiger partial charge in [0, 0.05) is 6.07 Å². The average molecular weight is 230 g/mol. The Labute approximate surface area is 90.0 Å². The predicted molar refractivity (Wildman–Crippen MR) is 56.5 cm³/mol. The van der Waals surface area contributed by atoms with Gasteiger partial charge < -0.3 is 4.74 Å². The van der Waals surface area contributed by atoms with Crippen molar-refractivity contribution >= 4 is 10.1 Å². The molecule has 0 fully saturated rings. The molecule has 0 unspecified atom stereocenters. The van der Waals surface area contributed by atoms with E-state index in [1.54, 1.807) is 13.0 Å². The molecule has 1 aromatic rings. The normalized spacial score (nSPS) is 11.4. The van der Waals surface area contributed by atoms with Gasteiger partial charge >= 0.3 is 0 Å². The first kappa shape index (κ1) is 12.0.